The van der Waals surface area contributed by atoms with Crippen molar-refractivity contribution in [2.24, 2.45) is 15.6 Å². The minimum Gasteiger partial charge on any atom is -0.344 e. The molecule has 2 aromatic rings. The summed E-state index contributed by atoms with van der Waals surface area (Å²) in [5, 5.41) is 11.5. The zero-order valence-corrected chi connectivity index (χ0v) is 17.5. The molecule has 4 heteroatoms. The summed E-state index contributed by atoms with van der Waals surface area (Å²) in [6.45, 7) is 10.8. The van der Waals surface area contributed by atoms with Crippen molar-refractivity contribution in [1.29, 1.82) is 0 Å². The summed E-state index contributed by atoms with van der Waals surface area (Å²) in [5.41, 5.74) is 5.63. The zero-order chi connectivity index (χ0) is 20.4. The molecule has 1 fully saturated rings. The molecule has 0 aliphatic heterocycles. The SMILES string of the molecule is CCC1(c2cc(F)ccc2/C=N/N=C\Nc2c(C)cccc2C)C[C@@]1(C)CC. The standard InChI is InChI=1S/C24H30FN3/c1-6-23(5)15-24(23,7-2)21-13-20(25)12-11-19(21)14-27-28-16-26-22-17(3)9-8-10-18(22)4/h8-14,16H,6-7,15H2,1-5H3,(H,26,28)/b27-14+/t23-,24?/m1/s1. The second-order valence-corrected chi connectivity index (χ2v) is 8.16. The molecule has 0 bridgehead atoms. The highest BCUT2D eigenvalue weighted by atomic mass is 19.1. The van der Waals surface area contributed by atoms with Crippen LogP contribution in [0.1, 0.15) is 62.3 Å². The van der Waals surface area contributed by atoms with Crippen LogP contribution >= 0.6 is 0 Å². The van der Waals surface area contributed by atoms with E-state index in [0.717, 1.165) is 47.2 Å². The monoisotopic (exact) mass is 379 g/mol. The topological polar surface area (TPSA) is 36.8 Å². The van der Waals surface area contributed by atoms with Gasteiger partial charge in [-0.25, -0.2) is 4.39 Å². The van der Waals surface area contributed by atoms with Crippen molar-refractivity contribution in [3.8, 4) is 0 Å². The lowest BCUT2D eigenvalue weighted by Crippen LogP contribution is -2.17. The molecule has 1 saturated carbocycles. The third-order valence-electron chi connectivity index (χ3n) is 6.65. The van der Waals surface area contributed by atoms with E-state index in [1.54, 1.807) is 18.6 Å². The second kappa shape index (κ2) is 7.86. The maximum absolute atomic E-state index is 14.0. The molecule has 28 heavy (non-hydrogen) atoms. The first kappa shape index (κ1) is 20.2. The van der Waals surface area contributed by atoms with E-state index >= 15 is 0 Å². The number of para-hydroxylation sites is 1. The molecule has 2 atom stereocenters. The first-order valence-electron chi connectivity index (χ1n) is 10.0. The quantitative estimate of drug-likeness (QED) is 0.338. The van der Waals surface area contributed by atoms with Gasteiger partial charge in [-0.05, 0) is 72.9 Å². The summed E-state index contributed by atoms with van der Waals surface area (Å²) in [7, 11) is 0. The smallest absolute Gasteiger partial charge is 0.123 e. The van der Waals surface area contributed by atoms with Gasteiger partial charge in [-0.15, -0.1) is 5.10 Å². The van der Waals surface area contributed by atoms with Crippen LogP contribution < -0.4 is 5.32 Å². The third-order valence-corrected chi connectivity index (χ3v) is 6.65. The molecule has 0 saturated heterocycles. The average Bonchev–Trinajstić information content (AvgIpc) is 3.31. The molecule has 3 nitrogen and oxygen atoms in total. The van der Waals surface area contributed by atoms with Gasteiger partial charge in [-0.1, -0.05) is 45.0 Å². The molecular formula is C24H30FN3. The highest BCUT2D eigenvalue weighted by Crippen LogP contribution is 2.68. The second-order valence-electron chi connectivity index (χ2n) is 8.16. The van der Waals surface area contributed by atoms with Crippen LogP contribution in [0.4, 0.5) is 10.1 Å². The number of aryl methyl sites for hydroxylation is 2. The molecule has 1 aliphatic carbocycles. The largest absolute Gasteiger partial charge is 0.344 e. The predicted molar refractivity (Wildman–Crippen MR) is 117 cm³/mol. The molecule has 0 spiro atoms. The average molecular weight is 380 g/mol. The number of hydrogen-bond acceptors (Lipinski definition) is 2. The van der Waals surface area contributed by atoms with Crippen molar-refractivity contribution in [1.82, 2.24) is 0 Å². The molecule has 0 heterocycles. The predicted octanol–water partition coefficient (Wildman–Crippen LogP) is 6.38. The zero-order valence-electron chi connectivity index (χ0n) is 17.5. The Bertz CT molecular complexity index is 898. The fraction of sp³-hybridized carbons (Fsp3) is 0.417. The fourth-order valence-electron chi connectivity index (χ4n) is 4.57. The lowest BCUT2D eigenvalue weighted by molar-refractivity contribution is 0.428. The molecule has 1 unspecified atom stereocenters. The van der Waals surface area contributed by atoms with Gasteiger partial charge in [0.05, 0.1) is 6.21 Å². The van der Waals surface area contributed by atoms with Crippen molar-refractivity contribution in [2.75, 3.05) is 5.32 Å². The van der Waals surface area contributed by atoms with E-state index in [0.29, 0.717) is 0 Å². The molecule has 2 aromatic carbocycles. The number of rotatable bonds is 7. The maximum Gasteiger partial charge on any atom is 0.123 e. The molecule has 1 aliphatic rings. The van der Waals surface area contributed by atoms with E-state index in [1.807, 2.05) is 12.1 Å². The van der Waals surface area contributed by atoms with Gasteiger partial charge >= 0.3 is 0 Å². The van der Waals surface area contributed by atoms with Crippen molar-refractivity contribution >= 4 is 18.2 Å². The van der Waals surface area contributed by atoms with Gasteiger partial charge in [0.15, 0.2) is 0 Å². The first-order chi connectivity index (χ1) is 13.4. The van der Waals surface area contributed by atoms with Crippen LogP contribution in [0.2, 0.25) is 0 Å². The summed E-state index contributed by atoms with van der Waals surface area (Å²) in [6, 6.07) is 11.1. The summed E-state index contributed by atoms with van der Waals surface area (Å²) >= 11 is 0. The molecule has 0 aromatic heterocycles. The number of anilines is 1. The molecular weight excluding hydrogens is 349 g/mol. The Labute approximate surface area is 167 Å². The van der Waals surface area contributed by atoms with E-state index in [2.05, 4.69) is 62.3 Å². The van der Waals surface area contributed by atoms with Crippen molar-refractivity contribution < 1.29 is 4.39 Å². The molecule has 3 rings (SSSR count). The van der Waals surface area contributed by atoms with Gasteiger partial charge in [0.2, 0.25) is 0 Å². The van der Waals surface area contributed by atoms with Crippen LogP contribution in [0, 0.1) is 25.1 Å². The van der Waals surface area contributed by atoms with Gasteiger partial charge in [-0.2, -0.15) is 5.10 Å². The highest BCUT2D eigenvalue weighted by Gasteiger charge is 2.62. The molecule has 0 amide bonds. The van der Waals surface area contributed by atoms with Crippen LogP contribution in [-0.4, -0.2) is 12.6 Å². The Morgan fingerprint density at radius 1 is 1.07 bits per heavy atom. The van der Waals surface area contributed by atoms with Gasteiger partial charge in [-0.3, -0.25) is 0 Å². The minimum atomic E-state index is -0.189. The van der Waals surface area contributed by atoms with Crippen LogP contribution in [0.5, 0.6) is 0 Å². The van der Waals surface area contributed by atoms with Crippen LogP contribution in [0.15, 0.2) is 46.6 Å². The summed E-state index contributed by atoms with van der Waals surface area (Å²) in [6.07, 6.45) is 6.51. The van der Waals surface area contributed by atoms with Crippen molar-refractivity contribution in [3.05, 3.63) is 64.5 Å². The Hall–Kier alpha value is -2.49. The fourth-order valence-corrected chi connectivity index (χ4v) is 4.57. The van der Waals surface area contributed by atoms with Crippen LogP contribution in [0.3, 0.4) is 0 Å². The number of benzene rings is 2. The number of hydrogen-bond donors (Lipinski definition) is 1. The number of nitrogens with zero attached hydrogens (tertiary/aromatic N) is 2. The van der Waals surface area contributed by atoms with Crippen molar-refractivity contribution in [3.63, 3.8) is 0 Å². The van der Waals surface area contributed by atoms with Crippen LogP contribution in [0.25, 0.3) is 0 Å². The lowest BCUT2D eigenvalue weighted by atomic mass is 9.81. The summed E-state index contributed by atoms with van der Waals surface area (Å²) < 4.78 is 14.0. The Balaban J connectivity index is 1.80. The minimum absolute atomic E-state index is 0.0332. The van der Waals surface area contributed by atoms with Gasteiger partial charge in [0.25, 0.3) is 0 Å². The van der Waals surface area contributed by atoms with Gasteiger partial charge < -0.3 is 5.32 Å². The molecule has 148 valence electrons. The maximum atomic E-state index is 14.0. The normalized spacial score (nSPS) is 24.2. The summed E-state index contributed by atoms with van der Waals surface area (Å²) in [5.74, 6) is -0.189. The third kappa shape index (κ3) is 3.60. The van der Waals surface area contributed by atoms with Gasteiger partial charge in [0, 0.05) is 11.1 Å². The van der Waals surface area contributed by atoms with Crippen molar-refractivity contribution in [2.45, 2.75) is 59.3 Å². The molecule has 1 N–H and O–H groups in total. The van der Waals surface area contributed by atoms with E-state index < -0.39 is 0 Å². The lowest BCUT2D eigenvalue weighted by Gasteiger charge is -2.23. The van der Waals surface area contributed by atoms with E-state index in [4.69, 9.17) is 0 Å². The summed E-state index contributed by atoms with van der Waals surface area (Å²) in [4.78, 5) is 0. The highest BCUT2D eigenvalue weighted by molar-refractivity contribution is 5.84. The van der Waals surface area contributed by atoms with Gasteiger partial charge in [0.1, 0.15) is 12.2 Å². The van der Waals surface area contributed by atoms with E-state index in [1.165, 1.54) is 6.07 Å². The van der Waals surface area contributed by atoms with E-state index in [-0.39, 0.29) is 16.6 Å². The number of nitrogens with one attached hydrogen (secondary N) is 1. The first-order valence-corrected chi connectivity index (χ1v) is 10.0. The van der Waals surface area contributed by atoms with E-state index in [9.17, 15) is 4.39 Å². The number of halogens is 1. The Kier molecular flexibility index (Phi) is 5.69. The van der Waals surface area contributed by atoms with Crippen LogP contribution in [-0.2, 0) is 5.41 Å². The Morgan fingerprint density at radius 2 is 1.79 bits per heavy atom. The Morgan fingerprint density at radius 3 is 2.39 bits per heavy atom. The molecule has 0 radical (unpaired) electrons.